The summed E-state index contributed by atoms with van der Waals surface area (Å²) in [6, 6.07) is 15.5. The van der Waals surface area contributed by atoms with Crippen molar-refractivity contribution in [3.8, 4) is 11.3 Å². The molecule has 0 aliphatic heterocycles. The molecule has 2 aromatic carbocycles. The molecular formula is C22H27N5O2. The van der Waals surface area contributed by atoms with Crippen LogP contribution in [0.4, 0.5) is 0 Å². The molecule has 0 fully saturated rings. The lowest BCUT2D eigenvalue weighted by Gasteiger charge is -2.17. The molecule has 29 heavy (non-hydrogen) atoms. The molecule has 7 heteroatoms. The summed E-state index contributed by atoms with van der Waals surface area (Å²) in [4.78, 5) is 13.8. The Morgan fingerprint density at radius 3 is 2.31 bits per heavy atom. The summed E-state index contributed by atoms with van der Waals surface area (Å²) >= 11 is 0. The molecule has 1 aromatic heterocycles. The minimum Gasteiger partial charge on any atom is -0.304 e. The fraction of sp³-hybridized carbons (Fsp3) is 0.318. The smallest absolute Gasteiger partial charge is 0.274 e. The second-order valence-corrected chi connectivity index (χ2v) is 6.91. The fourth-order valence-electron chi connectivity index (χ4n) is 3.19. The highest BCUT2D eigenvalue weighted by Crippen LogP contribution is 2.18. The van der Waals surface area contributed by atoms with Crippen LogP contribution in [0.15, 0.2) is 54.7 Å². The van der Waals surface area contributed by atoms with Crippen molar-refractivity contribution in [2.75, 3.05) is 19.6 Å². The average Bonchev–Trinajstić information content (AvgIpc) is 3.23. The summed E-state index contributed by atoms with van der Waals surface area (Å²) in [5.74, 6) is -0.528. The van der Waals surface area contributed by atoms with Gasteiger partial charge in [0.15, 0.2) is 0 Å². The van der Waals surface area contributed by atoms with Gasteiger partial charge in [0.2, 0.25) is 0 Å². The van der Waals surface area contributed by atoms with Crippen LogP contribution in [0, 0.1) is 0 Å². The monoisotopic (exact) mass is 393 g/mol. The largest absolute Gasteiger partial charge is 0.304 e. The van der Waals surface area contributed by atoms with Gasteiger partial charge in [0.25, 0.3) is 5.91 Å². The second kappa shape index (κ2) is 9.95. The van der Waals surface area contributed by atoms with Crippen molar-refractivity contribution in [1.29, 1.82) is 0 Å². The third kappa shape index (κ3) is 5.49. The number of nitrogens with zero attached hydrogens (tertiary/aromatic N) is 4. The molecular weight excluding hydrogens is 366 g/mol. The number of hydroxylamine groups is 1. The van der Waals surface area contributed by atoms with Gasteiger partial charge in [0.1, 0.15) is 5.69 Å². The molecule has 0 radical (unpaired) electrons. The Labute approximate surface area is 170 Å². The van der Waals surface area contributed by atoms with Gasteiger partial charge in [-0.15, -0.1) is 5.10 Å². The number of carbonyl (C=O) groups excluding carboxylic acids is 1. The Kier molecular flexibility index (Phi) is 7.10. The molecule has 0 aliphatic carbocycles. The van der Waals surface area contributed by atoms with Crippen molar-refractivity contribution < 1.29 is 10.0 Å². The Balaban J connectivity index is 1.61. The second-order valence-electron chi connectivity index (χ2n) is 6.91. The maximum Gasteiger partial charge on any atom is 0.274 e. The molecule has 1 heterocycles. The number of aromatic nitrogens is 3. The number of carbonyl (C=O) groups is 1. The molecule has 0 saturated carbocycles. The number of amides is 1. The van der Waals surface area contributed by atoms with Crippen molar-refractivity contribution in [2.24, 2.45) is 0 Å². The van der Waals surface area contributed by atoms with Gasteiger partial charge >= 0.3 is 0 Å². The number of hydrogen-bond acceptors (Lipinski definition) is 5. The van der Waals surface area contributed by atoms with Crippen LogP contribution in [0.5, 0.6) is 0 Å². The van der Waals surface area contributed by atoms with E-state index in [-0.39, 0.29) is 0 Å². The predicted octanol–water partition coefficient (Wildman–Crippen LogP) is 3.00. The molecule has 3 rings (SSSR count). The van der Waals surface area contributed by atoms with Gasteiger partial charge in [0, 0.05) is 17.7 Å². The van der Waals surface area contributed by atoms with Crippen LogP contribution in [-0.2, 0) is 13.0 Å². The van der Waals surface area contributed by atoms with Gasteiger partial charge in [-0.25, -0.2) is 10.2 Å². The number of hydrogen-bond donors (Lipinski definition) is 2. The van der Waals surface area contributed by atoms with Crippen LogP contribution in [0.25, 0.3) is 11.3 Å². The van der Waals surface area contributed by atoms with E-state index in [1.54, 1.807) is 22.3 Å². The van der Waals surface area contributed by atoms with Gasteiger partial charge in [0.05, 0.1) is 12.7 Å². The third-order valence-electron chi connectivity index (χ3n) is 5.06. The van der Waals surface area contributed by atoms with Crippen LogP contribution in [0.1, 0.15) is 35.3 Å². The highest BCUT2D eigenvalue weighted by molar-refractivity contribution is 5.93. The number of benzene rings is 2. The Morgan fingerprint density at radius 1 is 1.03 bits per heavy atom. The number of nitrogens with one attached hydrogen (secondary N) is 1. The molecule has 2 N–H and O–H groups in total. The molecule has 7 nitrogen and oxygen atoms in total. The Hall–Kier alpha value is -3.03. The SMILES string of the molecule is CCN(CC)CCc1ccc(-c2cn(Cc3ccc(C(=O)NO)cc3)nn2)cc1. The van der Waals surface area contributed by atoms with Crippen molar-refractivity contribution in [1.82, 2.24) is 25.4 Å². The molecule has 0 unspecified atom stereocenters. The van der Waals surface area contributed by atoms with Gasteiger partial charge in [-0.3, -0.25) is 10.0 Å². The van der Waals surface area contributed by atoms with Crippen LogP contribution < -0.4 is 5.48 Å². The minimum atomic E-state index is -0.528. The topological polar surface area (TPSA) is 83.3 Å². The molecule has 0 saturated heterocycles. The highest BCUT2D eigenvalue weighted by Gasteiger charge is 2.07. The van der Waals surface area contributed by atoms with Crippen LogP contribution >= 0.6 is 0 Å². The van der Waals surface area contributed by atoms with Crippen molar-refractivity contribution >= 4 is 5.91 Å². The van der Waals surface area contributed by atoms with Gasteiger partial charge in [-0.1, -0.05) is 55.5 Å². The quantitative estimate of drug-likeness (QED) is 0.431. The van der Waals surface area contributed by atoms with E-state index in [0.29, 0.717) is 12.1 Å². The summed E-state index contributed by atoms with van der Waals surface area (Å²) in [7, 11) is 0. The summed E-state index contributed by atoms with van der Waals surface area (Å²) < 4.78 is 1.77. The van der Waals surface area contributed by atoms with E-state index >= 15 is 0 Å². The number of rotatable bonds is 9. The van der Waals surface area contributed by atoms with Crippen molar-refractivity contribution in [2.45, 2.75) is 26.8 Å². The molecule has 0 atom stereocenters. The Bertz CT molecular complexity index is 915. The molecule has 1 amide bonds. The maximum atomic E-state index is 11.4. The van der Waals surface area contributed by atoms with E-state index in [0.717, 1.165) is 42.9 Å². The van der Waals surface area contributed by atoms with Crippen molar-refractivity contribution in [3.63, 3.8) is 0 Å². The first-order valence-electron chi connectivity index (χ1n) is 9.88. The van der Waals surface area contributed by atoms with E-state index in [4.69, 9.17) is 5.21 Å². The maximum absolute atomic E-state index is 11.4. The molecule has 0 spiro atoms. The van der Waals surface area contributed by atoms with E-state index < -0.39 is 5.91 Å². The zero-order chi connectivity index (χ0) is 20.6. The van der Waals surface area contributed by atoms with E-state index in [2.05, 4.69) is 53.3 Å². The standard InChI is InChI=1S/C22H27N5O2/c1-3-26(4-2)14-13-17-5-9-19(10-6-17)21-16-27(25-23-21)15-18-7-11-20(12-8-18)22(28)24-29/h5-12,16,29H,3-4,13-15H2,1-2H3,(H,24,28). The molecule has 0 bridgehead atoms. The van der Waals surface area contributed by atoms with Gasteiger partial charge in [-0.05, 0) is 42.8 Å². The third-order valence-corrected chi connectivity index (χ3v) is 5.06. The zero-order valence-electron chi connectivity index (χ0n) is 16.9. The normalized spacial score (nSPS) is 11.0. The lowest BCUT2D eigenvalue weighted by Crippen LogP contribution is -2.25. The lowest BCUT2D eigenvalue weighted by atomic mass is 10.1. The van der Waals surface area contributed by atoms with E-state index in [9.17, 15) is 4.79 Å². The van der Waals surface area contributed by atoms with Crippen LogP contribution in [-0.4, -0.2) is 50.6 Å². The molecule has 152 valence electrons. The number of likely N-dealkylation sites (N-methyl/N-ethyl adjacent to an activating group) is 1. The fourth-order valence-corrected chi connectivity index (χ4v) is 3.19. The summed E-state index contributed by atoms with van der Waals surface area (Å²) in [5, 5.41) is 17.2. The first-order valence-corrected chi connectivity index (χ1v) is 9.88. The summed E-state index contributed by atoms with van der Waals surface area (Å²) in [6.07, 6.45) is 2.96. The first-order chi connectivity index (χ1) is 14.1. The molecule has 3 aromatic rings. The van der Waals surface area contributed by atoms with E-state index in [1.807, 2.05) is 18.3 Å². The van der Waals surface area contributed by atoms with E-state index in [1.165, 1.54) is 5.56 Å². The van der Waals surface area contributed by atoms with Crippen LogP contribution in [0.3, 0.4) is 0 Å². The lowest BCUT2D eigenvalue weighted by molar-refractivity contribution is 0.0706. The first kappa shape index (κ1) is 20.7. The highest BCUT2D eigenvalue weighted by atomic mass is 16.5. The molecule has 0 aliphatic rings. The van der Waals surface area contributed by atoms with Crippen molar-refractivity contribution in [3.05, 3.63) is 71.4 Å². The van der Waals surface area contributed by atoms with Gasteiger partial charge in [-0.2, -0.15) is 0 Å². The Morgan fingerprint density at radius 2 is 1.69 bits per heavy atom. The summed E-state index contributed by atoms with van der Waals surface area (Å²) in [5.41, 5.74) is 6.20. The predicted molar refractivity (Wildman–Crippen MR) is 112 cm³/mol. The zero-order valence-corrected chi connectivity index (χ0v) is 16.9. The minimum absolute atomic E-state index is 0.400. The van der Waals surface area contributed by atoms with Gasteiger partial charge < -0.3 is 4.90 Å². The average molecular weight is 393 g/mol. The van der Waals surface area contributed by atoms with Crippen LogP contribution in [0.2, 0.25) is 0 Å². The summed E-state index contributed by atoms with van der Waals surface area (Å²) in [6.45, 7) is 8.16.